The van der Waals surface area contributed by atoms with Crippen molar-refractivity contribution in [3.8, 4) is 5.75 Å². The summed E-state index contributed by atoms with van der Waals surface area (Å²) in [5, 5.41) is 9.56. The van der Waals surface area contributed by atoms with Gasteiger partial charge in [0.1, 0.15) is 11.9 Å². The molecule has 0 radical (unpaired) electrons. The Kier molecular flexibility index (Phi) is 8.59. The smallest absolute Gasteiger partial charge is 0.266 e. The van der Waals surface area contributed by atoms with E-state index in [0.717, 1.165) is 16.7 Å². The summed E-state index contributed by atoms with van der Waals surface area (Å²) in [6.07, 6.45) is 0.449. The van der Waals surface area contributed by atoms with Gasteiger partial charge in [-0.2, -0.15) is 0 Å². The average molecular weight is 508 g/mol. The van der Waals surface area contributed by atoms with E-state index >= 15 is 0 Å². The summed E-state index contributed by atoms with van der Waals surface area (Å²) in [6.45, 7) is 2.80. The van der Waals surface area contributed by atoms with Gasteiger partial charge in [0.15, 0.2) is 5.54 Å². The quantitative estimate of drug-likeness (QED) is 0.269. The Hall–Kier alpha value is -3.39. The fourth-order valence-corrected chi connectivity index (χ4v) is 4.24. The molecule has 188 valence electrons. The third-order valence-electron chi connectivity index (χ3n) is 6.03. The standard InChI is InChI=1S/C28H30ClN3O4/c1-20-28(18-21-7-3-2-4-8-21,27(34)32-30-19-22-9-5-10-24(29)17-22)31-26(36-20)23-11-13-25(14-12-23)35-16-6-15-33/h2-5,7-14,17,20,30,33H,6,15-16,18-19H2,1H3,(H,32,34)/t20-,28-/m0/s1. The summed E-state index contributed by atoms with van der Waals surface area (Å²) in [5.74, 6) is 0.822. The number of nitrogens with zero attached hydrogens (tertiary/aromatic N) is 1. The summed E-state index contributed by atoms with van der Waals surface area (Å²) >= 11 is 6.07. The molecule has 0 unspecified atom stereocenters. The van der Waals surface area contributed by atoms with Gasteiger partial charge in [-0.25, -0.2) is 10.4 Å². The molecular formula is C28H30ClN3O4. The van der Waals surface area contributed by atoms with Gasteiger partial charge < -0.3 is 14.6 Å². The molecule has 36 heavy (non-hydrogen) atoms. The zero-order valence-corrected chi connectivity index (χ0v) is 20.9. The van der Waals surface area contributed by atoms with Crippen LogP contribution in [0.3, 0.4) is 0 Å². The van der Waals surface area contributed by atoms with Crippen LogP contribution in [-0.2, 0) is 22.5 Å². The molecule has 0 aromatic heterocycles. The first kappa shape index (κ1) is 25.7. The lowest BCUT2D eigenvalue weighted by Crippen LogP contribution is -2.55. The van der Waals surface area contributed by atoms with Crippen molar-refractivity contribution in [1.29, 1.82) is 0 Å². The van der Waals surface area contributed by atoms with Crippen LogP contribution in [0, 0.1) is 0 Å². The summed E-state index contributed by atoms with van der Waals surface area (Å²) in [6, 6.07) is 24.6. The lowest BCUT2D eigenvalue weighted by Gasteiger charge is -2.28. The van der Waals surface area contributed by atoms with Crippen molar-refractivity contribution >= 4 is 23.4 Å². The first-order chi connectivity index (χ1) is 17.5. The number of halogens is 1. The molecule has 4 rings (SSSR count). The molecule has 0 saturated heterocycles. The zero-order valence-electron chi connectivity index (χ0n) is 20.1. The second kappa shape index (κ2) is 12.0. The van der Waals surface area contributed by atoms with Crippen molar-refractivity contribution in [1.82, 2.24) is 10.9 Å². The van der Waals surface area contributed by atoms with Crippen LogP contribution in [0.1, 0.15) is 30.0 Å². The molecule has 0 saturated carbocycles. The molecule has 0 fully saturated rings. The minimum atomic E-state index is -1.16. The van der Waals surface area contributed by atoms with Crippen molar-refractivity contribution < 1.29 is 19.4 Å². The number of hydrazine groups is 1. The third-order valence-corrected chi connectivity index (χ3v) is 6.26. The number of carbonyl (C=O) groups excluding carboxylic acids is 1. The highest BCUT2D eigenvalue weighted by molar-refractivity contribution is 6.30. The molecule has 2 atom stereocenters. The van der Waals surface area contributed by atoms with Crippen LogP contribution in [0.5, 0.6) is 5.75 Å². The number of hydrogen-bond donors (Lipinski definition) is 3. The Morgan fingerprint density at radius 2 is 1.83 bits per heavy atom. The number of carbonyl (C=O) groups is 1. The Bertz CT molecular complexity index is 1190. The monoisotopic (exact) mass is 507 g/mol. The van der Waals surface area contributed by atoms with E-state index in [1.807, 2.05) is 79.7 Å². The van der Waals surface area contributed by atoms with Gasteiger partial charge in [-0.1, -0.05) is 54.1 Å². The van der Waals surface area contributed by atoms with Crippen molar-refractivity contribution in [2.24, 2.45) is 4.99 Å². The van der Waals surface area contributed by atoms with E-state index in [1.165, 1.54) is 0 Å². The highest BCUT2D eigenvalue weighted by Crippen LogP contribution is 2.32. The van der Waals surface area contributed by atoms with Crippen molar-refractivity contribution in [3.63, 3.8) is 0 Å². The van der Waals surface area contributed by atoms with Gasteiger partial charge in [-0.15, -0.1) is 0 Å². The summed E-state index contributed by atoms with van der Waals surface area (Å²) in [4.78, 5) is 18.4. The lowest BCUT2D eigenvalue weighted by atomic mass is 9.86. The van der Waals surface area contributed by atoms with E-state index in [9.17, 15) is 4.79 Å². The molecule has 0 spiro atoms. The summed E-state index contributed by atoms with van der Waals surface area (Å²) < 4.78 is 11.8. The predicted molar refractivity (Wildman–Crippen MR) is 140 cm³/mol. The molecule has 3 aromatic carbocycles. The largest absolute Gasteiger partial charge is 0.494 e. The average Bonchev–Trinajstić information content (AvgIpc) is 3.22. The molecule has 0 bridgehead atoms. The number of rotatable bonds is 11. The minimum Gasteiger partial charge on any atom is -0.494 e. The van der Waals surface area contributed by atoms with Gasteiger partial charge in [0.2, 0.25) is 5.90 Å². The van der Waals surface area contributed by atoms with Gasteiger partial charge in [0.25, 0.3) is 5.91 Å². The van der Waals surface area contributed by atoms with E-state index in [1.54, 1.807) is 6.07 Å². The van der Waals surface area contributed by atoms with E-state index in [0.29, 0.717) is 42.7 Å². The lowest BCUT2D eigenvalue weighted by molar-refractivity contribution is -0.129. The molecule has 1 aliphatic heterocycles. The molecule has 7 nitrogen and oxygen atoms in total. The van der Waals surface area contributed by atoms with Crippen molar-refractivity contribution in [2.45, 2.75) is 38.0 Å². The van der Waals surface area contributed by atoms with Crippen LogP contribution in [0.2, 0.25) is 5.02 Å². The molecule has 1 heterocycles. The molecule has 3 aromatic rings. The Balaban J connectivity index is 1.54. The predicted octanol–water partition coefficient (Wildman–Crippen LogP) is 4.07. The van der Waals surface area contributed by atoms with Crippen LogP contribution >= 0.6 is 11.6 Å². The molecule has 8 heteroatoms. The van der Waals surface area contributed by atoms with Gasteiger partial charge in [0, 0.05) is 36.6 Å². The first-order valence-electron chi connectivity index (χ1n) is 11.9. The Morgan fingerprint density at radius 3 is 2.56 bits per heavy atom. The van der Waals surface area contributed by atoms with Crippen LogP contribution in [-0.4, -0.2) is 41.8 Å². The molecular weight excluding hydrogens is 478 g/mol. The van der Waals surface area contributed by atoms with Crippen LogP contribution in [0.25, 0.3) is 0 Å². The Morgan fingerprint density at radius 1 is 1.08 bits per heavy atom. The second-order valence-electron chi connectivity index (χ2n) is 8.65. The number of nitrogens with one attached hydrogen (secondary N) is 2. The van der Waals surface area contributed by atoms with Gasteiger partial charge in [0.05, 0.1) is 6.61 Å². The minimum absolute atomic E-state index is 0.0835. The second-order valence-corrected chi connectivity index (χ2v) is 9.09. The van der Waals surface area contributed by atoms with Crippen LogP contribution < -0.4 is 15.6 Å². The third kappa shape index (κ3) is 6.23. The Labute approximate surface area is 216 Å². The highest BCUT2D eigenvalue weighted by atomic mass is 35.5. The summed E-state index contributed by atoms with van der Waals surface area (Å²) in [5.41, 5.74) is 7.36. The number of amides is 1. The SMILES string of the molecule is C[C@@H]1OC(c2ccc(OCCCO)cc2)=N[C@]1(Cc1ccccc1)C(=O)NNCc1cccc(Cl)c1. The fraction of sp³-hybridized carbons (Fsp3) is 0.286. The van der Waals surface area contributed by atoms with E-state index < -0.39 is 11.6 Å². The number of benzene rings is 3. The van der Waals surface area contributed by atoms with E-state index in [4.69, 9.17) is 31.2 Å². The maximum Gasteiger partial charge on any atom is 0.266 e. The van der Waals surface area contributed by atoms with Crippen LogP contribution in [0.4, 0.5) is 0 Å². The number of aliphatic imine (C=N–C) groups is 1. The number of ether oxygens (including phenoxy) is 2. The molecule has 1 amide bonds. The van der Waals surface area contributed by atoms with E-state index in [2.05, 4.69) is 10.9 Å². The number of aliphatic hydroxyl groups is 1. The van der Waals surface area contributed by atoms with Gasteiger partial charge in [-0.3, -0.25) is 10.2 Å². The highest BCUT2D eigenvalue weighted by Gasteiger charge is 2.50. The molecule has 0 aliphatic carbocycles. The van der Waals surface area contributed by atoms with Crippen molar-refractivity contribution in [2.75, 3.05) is 13.2 Å². The van der Waals surface area contributed by atoms with Gasteiger partial charge in [-0.05, 0) is 54.4 Å². The maximum absolute atomic E-state index is 13.6. The number of aliphatic hydroxyl groups excluding tert-OH is 1. The molecule has 3 N–H and O–H groups in total. The zero-order chi connectivity index (χ0) is 25.4. The molecule has 1 aliphatic rings. The normalized spacial score (nSPS) is 18.9. The maximum atomic E-state index is 13.6. The van der Waals surface area contributed by atoms with E-state index in [-0.39, 0.29) is 12.5 Å². The van der Waals surface area contributed by atoms with Crippen molar-refractivity contribution in [3.05, 3.63) is 101 Å². The first-order valence-corrected chi connectivity index (χ1v) is 12.3. The van der Waals surface area contributed by atoms with Crippen LogP contribution in [0.15, 0.2) is 83.9 Å². The topological polar surface area (TPSA) is 92.2 Å². The van der Waals surface area contributed by atoms with Gasteiger partial charge >= 0.3 is 0 Å². The summed E-state index contributed by atoms with van der Waals surface area (Å²) in [7, 11) is 0. The number of hydrogen-bond acceptors (Lipinski definition) is 6. The fourth-order valence-electron chi connectivity index (χ4n) is 4.03.